The fourth-order valence-corrected chi connectivity index (χ4v) is 1.86. The number of hydrogen-bond donors (Lipinski definition) is 2. The van der Waals surface area contributed by atoms with E-state index in [4.69, 9.17) is 10.6 Å². The standard InChI is InChI=1S/C15H17F3N4O/c16-15(17,18)13-3-1-2-12(10-13)14(21-23-9-5-19)4-7-22-8-6-20-11-22/h1-4,6,8,10-11,21H,5,7,9,19H2. The molecule has 2 rings (SSSR count). The molecule has 0 aliphatic heterocycles. The van der Waals surface area contributed by atoms with E-state index in [1.165, 1.54) is 6.07 Å². The van der Waals surface area contributed by atoms with Gasteiger partial charge in [-0.25, -0.2) is 4.98 Å². The molecule has 1 aromatic carbocycles. The van der Waals surface area contributed by atoms with Gasteiger partial charge in [-0.2, -0.15) is 13.2 Å². The zero-order valence-electron chi connectivity index (χ0n) is 12.3. The summed E-state index contributed by atoms with van der Waals surface area (Å²) in [7, 11) is 0. The molecule has 3 N–H and O–H groups in total. The fraction of sp³-hybridized carbons (Fsp3) is 0.267. The van der Waals surface area contributed by atoms with Crippen LogP contribution in [-0.2, 0) is 17.6 Å². The van der Waals surface area contributed by atoms with E-state index in [-0.39, 0.29) is 6.61 Å². The first-order chi connectivity index (χ1) is 11.0. The maximum absolute atomic E-state index is 12.8. The van der Waals surface area contributed by atoms with Crippen LogP contribution in [0.4, 0.5) is 13.2 Å². The van der Waals surface area contributed by atoms with E-state index >= 15 is 0 Å². The van der Waals surface area contributed by atoms with Crippen molar-refractivity contribution in [2.45, 2.75) is 12.7 Å². The Hall–Kier alpha value is -2.32. The molecule has 0 atom stereocenters. The maximum atomic E-state index is 12.8. The average molecular weight is 326 g/mol. The third kappa shape index (κ3) is 5.11. The Morgan fingerprint density at radius 1 is 1.39 bits per heavy atom. The number of nitrogens with two attached hydrogens (primary N) is 1. The molecule has 0 radical (unpaired) electrons. The van der Waals surface area contributed by atoms with Gasteiger partial charge in [-0.3, -0.25) is 10.3 Å². The lowest BCUT2D eigenvalue weighted by Gasteiger charge is -2.14. The minimum Gasteiger partial charge on any atom is -0.334 e. The van der Waals surface area contributed by atoms with Gasteiger partial charge in [0.2, 0.25) is 0 Å². The summed E-state index contributed by atoms with van der Waals surface area (Å²) < 4.78 is 40.3. The first-order valence-corrected chi connectivity index (χ1v) is 6.92. The second kappa shape index (κ2) is 7.80. The number of alkyl halides is 3. The summed E-state index contributed by atoms with van der Waals surface area (Å²) in [6, 6.07) is 5.03. The molecule has 23 heavy (non-hydrogen) atoms. The molecule has 0 aliphatic carbocycles. The molecular formula is C15H17F3N4O. The monoisotopic (exact) mass is 326 g/mol. The van der Waals surface area contributed by atoms with Crippen LogP contribution in [0, 0.1) is 0 Å². The lowest BCUT2D eigenvalue weighted by atomic mass is 10.1. The molecule has 0 bridgehead atoms. The normalized spacial score (nSPS) is 12.4. The lowest BCUT2D eigenvalue weighted by Crippen LogP contribution is -2.19. The van der Waals surface area contributed by atoms with E-state index in [9.17, 15) is 13.2 Å². The van der Waals surface area contributed by atoms with Gasteiger partial charge in [0.05, 0.1) is 24.2 Å². The van der Waals surface area contributed by atoms with Crippen molar-refractivity contribution in [3.8, 4) is 0 Å². The van der Waals surface area contributed by atoms with E-state index in [2.05, 4.69) is 10.5 Å². The zero-order chi connectivity index (χ0) is 16.7. The van der Waals surface area contributed by atoms with Gasteiger partial charge in [-0.1, -0.05) is 12.1 Å². The number of hydrogen-bond acceptors (Lipinski definition) is 4. The van der Waals surface area contributed by atoms with Gasteiger partial charge in [0.25, 0.3) is 0 Å². The molecule has 2 aromatic rings. The van der Waals surface area contributed by atoms with Crippen molar-refractivity contribution < 1.29 is 18.0 Å². The van der Waals surface area contributed by atoms with Gasteiger partial charge >= 0.3 is 6.18 Å². The molecule has 124 valence electrons. The number of nitrogens with zero attached hydrogens (tertiary/aromatic N) is 2. The number of imidazole rings is 1. The van der Waals surface area contributed by atoms with Crippen molar-refractivity contribution in [1.82, 2.24) is 15.0 Å². The van der Waals surface area contributed by atoms with E-state index in [1.54, 1.807) is 35.4 Å². The SMILES string of the molecule is NCCONC(=CCn1ccnc1)c1cccc(C(F)(F)F)c1. The quantitative estimate of drug-likeness (QED) is 0.606. The van der Waals surface area contributed by atoms with E-state index in [0.717, 1.165) is 12.1 Å². The van der Waals surface area contributed by atoms with Crippen LogP contribution in [0.25, 0.3) is 5.70 Å². The van der Waals surface area contributed by atoms with E-state index in [1.807, 2.05) is 0 Å². The molecule has 1 heterocycles. The summed E-state index contributed by atoms with van der Waals surface area (Å²) >= 11 is 0. The van der Waals surface area contributed by atoms with Crippen LogP contribution in [0.15, 0.2) is 49.1 Å². The number of halogens is 3. The predicted octanol–water partition coefficient (Wildman–Crippen LogP) is 2.42. The van der Waals surface area contributed by atoms with E-state index < -0.39 is 11.7 Å². The van der Waals surface area contributed by atoms with Crippen molar-refractivity contribution in [2.75, 3.05) is 13.2 Å². The summed E-state index contributed by atoms with van der Waals surface area (Å²) in [5, 5.41) is 0. The van der Waals surface area contributed by atoms with Crippen LogP contribution in [-0.4, -0.2) is 22.7 Å². The van der Waals surface area contributed by atoms with Gasteiger partial charge in [-0.05, 0) is 18.2 Å². The second-order valence-corrected chi connectivity index (χ2v) is 4.70. The highest BCUT2D eigenvalue weighted by atomic mass is 19.4. The van der Waals surface area contributed by atoms with Gasteiger partial charge in [0.1, 0.15) is 0 Å². The maximum Gasteiger partial charge on any atom is 0.416 e. The molecule has 0 spiro atoms. The molecule has 0 unspecified atom stereocenters. The summed E-state index contributed by atoms with van der Waals surface area (Å²) in [6.07, 6.45) is 2.30. The first kappa shape index (κ1) is 17.0. The predicted molar refractivity (Wildman–Crippen MR) is 79.8 cm³/mol. The van der Waals surface area contributed by atoms with Crippen molar-refractivity contribution in [2.24, 2.45) is 5.73 Å². The number of hydroxylamine groups is 1. The molecule has 5 nitrogen and oxygen atoms in total. The Bertz CT molecular complexity index is 638. The van der Waals surface area contributed by atoms with Crippen LogP contribution in [0.5, 0.6) is 0 Å². The number of nitrogens with one attached hydrogen (secondary N) is 1. The zero-order valence-corrected chi connectivity index (χ0v) is 12.3. The molecule has 0 aliphatic rings. The third-order valence-corrected chi connectivity index (χ3v) is 2.97. The molecule has 0 fully saturated rings. The van der Waals surface area contributed by atoms with Crippen LogP contribution in [0.2, 0.25) is 0 Å². The van der Waals surface area contributed by atoms with E-state index in [0.29, 0.717) is 24.4 Å². The topological polar surface area (TPSA) is 65.1 Å². The second-order valence-electron chi connectivity index (χ2n) is 4.70. The largest absolute Gasteiger partial charge is 0.416 e. The highest BCUT2D eigenvalue weighted by molar-refractivity contribution is 5.63. The van der Waals surface area contributed by atoms with Gasteiger partial charge in [0.15, 0.2) is 0 Å². The summed E-state index contributed by atoms with van der Waals surface area (Å²) in [5.41, 5.74) is 8.08. The van der Waals surface area contributed by atoms with Gasteiger partial charge < -0.3 is 10.3 Å². The summed E-state index contributed by atoms with van der Waals surface area (Å²) in [5.74, 6) is 0. The average Bonchev–Trinajstić information content (AvgIpc) is 3.03. The molecule has 0 saturated heterocycles. The van der Waals surface area contributed by atoms with Gasteiger partial charge in [0, 0.05) is 31.0 Å². The van der Waals surface area contributed by atoms with Crippen LogP contribution < -0.4 is 11.2 Å². The minimum atomic E-state index is -4.40. The van der Waals surface area contributed by atoms with Crippen molar-refractivity contribution >= 4 is 5.70 Å². The third-order valence-electron chi connectivity index (χ3n) is 2.97. The first-order valence-electron chi connectivity index (χ1n) is 6.92. The van der Waals surface area contributed by atoms with Gasteiger partial charge in [-0.15, -0.1) is 0 Å². The Morgan fingerprint density at radius 3 is 2.87 bits per heavy atom. The summed E-state index contributed by atoms with van der Waals surface area (Å²) in [4.78, 5) is 9.06. The molecule has 8 heteroatoms. The number of rotatable bonds is 7. The Morgan fingerprint density at radius 2 is 2.22 bits per heavy atom. The fourth-order valence-electron chi connectivity index (χ4n) is 1.86. The number of aromatic nitrogens is 2. The molecule has 1 aromatic heterocycles. The highest BCUT2D eigenvalue weighted by Crippen LogP contribution is 2.30. The van der Waals surface area contributed by atoms with Crippen LogP contribution >= 0.6 is 0 Å². The Balaban J connectivity index is 2.23. The summed E-state index contributed by atoms with van der Waals surface area (Å²) in [6.45, 7) is 0.969. The number of benzene rings is 1. The Labute approximate surface area is 131 Å². The van der Waals surface area contributed by atoms with Crippen molar-refractivity contribution in [1.29, 1.82) is 0 Å². The number of allylic oxidation sites excluding steroid dienone is 1. The molecular weight excluding hydrogens is 309 g/mol. The lowest BCUT2D eigenvalue weighted by molar-refractivity contribution is -0.137. The Kier molecular flexibility index (Phi) is 5.78. The van der Waals surface area contributed by atoms with Crippen LogP contribution in [0.1, 0.15) is 11.1 Å². The molecule has 0 saturated carbocycles. The van der Waals surface area contributed by atoms with Crippen LogP contribution in [0.3, 0.4) is 0 Å². The highest BCUT2D eigenvalue weighted by Gasteiger charge is 2.30. The van der Waals surface area contributed by atoms with Crippen molar-refractivity contribution in [3.63, 3.8) is 0 Å². The minimum absolute atomic E-state index is 0.237. The van der Waals surface area contributed by atoms with Crippen molar-refractivity contribution in [3.05, 3.63) is 60.2 Å². The smallest absolute Gasteiger partial charge is 0.334 e. The molecule has 0 amide bonds.